The summed E-state index contributed by atoms with van der Waals surface area (Å²) >= 11 is 7.35. The van der Waals surface area contributed by atoms with Crippen LogP contribution >= 0.6 is 22.9 Å². The van der Waals surface area contributed by atoms with E-state index < -0.39 is 5.97 Å². The maximum absolute atomic E-state index is 10.7. The molecule has 88 valence electrons. The van der Waals surface area contributed by atoms with Crippen LogP contribution < -0.4 is 4.90 Å². The molecule has 0 unspecified atom stereocenters. The van der Waals surface area contributed by atoms with Crippen LogP contribution in [-0.4, -0.2) is 18.1 Å². The van der Waals surface area contributed by atoms with Crippen LogP contribution in [0.25, 0.3) is 0 Å². The normalized spacial score (nSPS) is 10.2. The third-order valence-electron chi connectivity index (χ3n) is 2.39. The summed E-state index contributed by atoms with van der Waals surface area (Å²) in [6.07, 6.45) is 0. The first kappa shape index (κ1) is 12.0. The molecule has 0 amide bonds. The van der Waals surface area contributed by atoms with Gasteiger partial charge < -0.3 is 10.0 Å². The van der Waals surface area contributed by atoms with E-state index in [9.17, 15) is 4.79 Å². The Morgan fingerprint density at radius 3 is 2.35 bits per heavy atom. The summed E-state index contributed by atoms with van der Waals surface area (Å²) in [5.41, 5.74) is 1.21. The number of halogens is 1. The lowest BCUT2D eigenvalue weighted by molar-refractivity contribution is 0.0697. The van der Waals surface area contributed by atoms with E-state index in [0.717, 1.165) is 15.0 Å². The molecule has 3 nitrogen and oxygen atoms in total. The summed E-state index contributed by atoms with van der Waals surface area (Å²) in [6, 6.07) is 10.5. The van der Waals surface area contributed by atoms with E-state index in [2.05, 4.69) is 0 Å². The molecule has 1 aromatic heterocycles. The molecule has 17 heavy (non-hydrogen) atoms. The lowest BCUT2D eigenvalue weighted by Crippen LogP contribution is -2.07. The zero-order valence-corrected chi connectivity index (χ0v) is 10.6. The Hall–Kier alpha value is -1.52. The molecule has 5 heteroatoms. The molecule has 0 saturated carbocycles. The van der Waals surface area contributed by atoms with Gasteiger partial charge >= 0.3 is 5.97 Å². The number of hydrogen-bond donors (Lipinski definition) is 1. The van der Waals surface area contributed by atoms with Crippen molar-refractivity contribution in [3.8, 4) is 0 Å². The second-order valence-corrected chi connectivity index (χ2v) is 5.18. The van der Waals surface area contributed by atoms with Crippen LogP contribution in [0, 0.1) is 0 Å². The maximum Gasteiger partial charge on any atom is 0.335 e. The Morgan fingerprint density at radius 2 is 1.88 bits per heavy atom. The van der Waals surface area contributed by atoms with Gasteiger partial charge in [0.2, 0.25) is 0 Å². The summed E-state index contributed by atoms with van der Waals surface area (Å²) in [5, 5.41) is 9.82. The molecular formula is C12H10ClNO2S. The van der Waals surface area contributed by atoms with E-state index in [1.807, 2.05) is 24.1 Å². The fourth-order valence-corrected chi connectivity index (χ4v) is 2.45. The highest BCUT2D eigenvalue weighted by atomic mass is 35.5. The number of carbonyl (C=O) groups is 1. The molecule has 0 aliphatic heterocycles. The fourth-order valence-electron chi connectivity index (χ4n) is 1.44. The van der Waals surface area contributed by atoms with Crippen molar-refractivity contribution in [3.63, 3.8) is 0 Å². The lowest BCUT2D eigenvalue weighted by Gasteiger charge is -2.17. The van der Waals surface area contributed by atoms with Gasteiger partial charge in [-0.1, -0.05) is 11.6 Å². The van der Waals surface area contributed by atoms with Crippen molar-refractivity contribution in [1.82, 2.24) is 0 Å². The quantitative estimate of drug-likeness (QED) is 0.918. The zero-order valence-electron chi connectivity index (χ0n) is 9.05. The largest absolute Gasteiger partial charge is 0.478 e. The number of carboxylic acids is 1. The summed E-state index contributed by atoms with van der Waals surface area (Å²) in [7, 11) is 1.91. The third kappa shape index (κ3) is 2.60. The summed E-state index contributed by atoms with van der Waals surface area (Å²) < 4.78 is 0.731. The van der Waals surface area contributed by atoms with E-state index >= 15 is 0 Å². The second-order valence-electron chi connectivity index (χ2n) is 3.49. The number of thiophene rings is 1. The van der Waals surface area contributed by atoms with Crippen LogP contribution in [-0.2, 0) is 0 Å². The van der Waals surface area contributed by atoms with Crippen LogP contribution in [0.4, 0.5) is 10.7 Å². The first-order valence-electron chi connectivity index (χ1n) is 4.90. The summed E-state index contributed by atoms with van der Waals surface area (Å²) in [6.45, 7) is 0. The lowest BCUT2D eigenvalue weighted by atomic mass is 10.2. The van der Waals surface area contributed by atoms with Crippen molar-refractivity contribution in [2.24, 2.45) is 0 Å². The van der Waals surface area contributed by atoms with Gasteiger partial charge in [0.15, 0.2) is 0 Å². The molecule has 2 rings (SSSR count). The average molecular weight is 268 g/mol. The summed E-state index contributed by atoms with van der Waals surface area (Å²) in [4.78, 5) is 12.7. The number of rotatable bonds is 3. The number of aromatic carboxylic acids is 1. The minimum absolute atomic E-state index is 0.284. The molecular weight excluding hydrogens is 258 g/mol. The molecule has 0 aliphatic rings. The smallest absolute Gasteiger partial charge is 0.335 e. The van der Waals surface area contributed by atoms with Gasteiger partial charge in [-0.2, -0.15) is 0 Å². The third-order valence-corrected chi connectivity index (χ3v) is 3.70. The Balaban J connectivity index is 2.25. The highest BCUT2D eigenvalue weighted by Gasteiger charge is 2.08. The van der Waals surface area contributed by atoms with Crippen LogP contribution in [0.1, 0.15) is 10.4 Å². The second kappa shape index (κ2) is 4.77. The Labute approximate surface area is 108 Å². The number of nitrogens with zero attached hydrogens (tertiary/aromatic N) is 1. The van der Waals surface area contributed by atoms with Gasteiger partial charge in [0.05, 0.1) is 14.9 Å². The van der Waals surface area contributed by atoms with Gasteiger partial charge in [0.25, 0.3) is 0 Å². The van der Waals surface area contributed by atoms with Crippen molar-refractivity contribution in [3.05, 3.63) is 46.3 Å². The predicted octanol–water partition coefficient (Wildman–Crippen LogP) is 3.87. The van der Waals surface area contributed by atoms with Crippen molar-refractivity contribution in [2.45, 2.75) is 0 Å². The average Bonchev–Trinajstić information content (AvgIpc) is 2.75. The summed E-state index contributed by atoms with van der Waals surface area (Å²) in [5.74, 6) is -0.918. The van der Waals surface area contributed by atoms with Gasteiger partial charge in [0.1, 0.15) is 0 Å². The van der Waals surface area contributed by atoms with Gasteiger partial charge in [-0.05, 0) is 36.4 Å². The van der Waals surface area contributed by atoms with Gasteiger partial charge in [0, 0.05) is 12.7 Å². The maximum atomic E-state index is 10.7. The van der Waals surface area contributed by atoms with Crippen LogP contribution in [0.5, 0.6) is 0 Å². The van der Waals surface area contributed by atoms with Gasteiger partial charge in [-0.3, -0.25) is 0 Å². The number of carboxylic acid groups (broad SMARTS) is 1. The Morgan fingerprint density at radius 1 is 1.24 bits per heavy atom. The van der Waals surface area contributed by atoms with E-state index in [1.165, 1.54) is 11.3 Å². The molecule has 0 saturated heterocycles. The molecule has 0 radical (unpaired) electrons. The highest BCUT2D eigenvalue weighted by Crippen LogP contribution is 2.33. The number of benzene rings is 1. The topological polar surface area (TPSA) is 40.5 Å². The molecule has 0 fully saturated rings. The minimum Gasteiger partial charge on any atom is -0.478 e. The zero-order chi connectivity index (χ0) is 12.4. The van der Waals surface area contributed by atoms with Gasteiger partial charge in [-0.25, -0.2) is 4.79 Å². The van der Waals surface area contributed by atoms with E-state index in [4.69, 9.17) is 16.7 Å². The van der Waals surface area contributed by atoms with Gasteiger partial charge in [-0.15, -0.1) is 11.3 Å². The first-order valence-corrected chi connectivity index (χ1v) is 6.10. The molecule has 1 N–H and O–H groups in total. The highest BCUT2D eigenvalue weighted by molar-refractivity contribution is 7.20. The molecule has 0 atom stereocenters. The van der Waals surface area contributed by atoms with E-state index in [1.54, 1.807) is 24.3 Å². The van der Waals surface area contributed by atoms with Crippen molar-refractivity contribution in [1.29, 1.82) is 0 Å². The molecule has 1 aromatic carbocycles. The molecule has 0 bridgehead atoms. The molecule has 0 aliphatic carbocycles. The first-order chi connectivity index (χ1) is 8.08. The van der Waals surface area contributed by atoms with Crippen LogP contribution in [0.15, 0.2) is 36.4 Å². The van der Waals surface area contributed by atoms with Crippen LogP contribution in [0.2, 0.25) is 4.34 Å². The van der Waals surface area contributed by atoms with E-state index in [0.29, 0.717) is 0 Å². The van der Waals surface area contributed by atoms with Crippen LogP contribution in [0.3, 0.4) is 0 Å². The Bertz CT molecular complexity index is 536. The SMILES string of the molecule is CN(c1ccc(C(=O)O)cc1)c1ccc(Cl)s1. The van der Waals surface area contributed by atoms with Crippen molar-refractivity contribution in [2.75, 3.05) is 11.9 Å². The van der Waals surface area contributed by atoms with E-state index in [-0.39, 0.29) is 5.56 Å². The van der Waals surface area contributed by atoms with Crippen molar-refractivity contribution >= 4 is 39.6 Å². The predicted molar refractivity (Wildman–Crippen MR) is 70.8 cm³/mol. The number of hydrogen-bond acceptors (Lipinski definition) is 3. The number of anilines is 2. The molecule has 1 heterocycles. The minimum atomic E-state index is -0.918. The van der Waals surface area contributed by atoms with Crippen molar-refractivity contribution < 1.29 is 9.90 Å². The Kier molecular flexibility index (Phi) is 3.36. The standard InChI is InChI=1S/C12H10ClNO2S/c1-14(11-7-6-10(13)17-11)9-4-2-8(3-5-9)12(15)16/h2-7H,1H3,(H,15,16). The fraction of sp³-hybridized carbons (Fsp3) is 0.0833. The monoisotopic (exact) mass is 267 g/mol. The molecule has 2 aromatic rings. The molecule has 0 spiro atoms.